The predicted octanol–water partition coefficient (Wildman–Crippen LogP) is 4.25. The zero-order valence-electron chi connectivity index (χ0n) is 16.6. The van der Waals surface area contributed by atoms with Gasteiger partial charge in [-0.3, -0.25) is 9.59 Å². The third-order valence-corrected chi connectivity index (χ3v) is 4.43. The van der Waals surface area contributed by atoms with Crippen LogP contribution in [0.4, 0.5) is 5.69 Å². The Bertz CT molecular complexity index is 983. The molecule has 3 aromatic rings. The van der Waals surface area contributed by atoms with Crippen LogP contribution >= 0.6 is 0 Å². The number of amides is 2. The van der Waals surface area contributed by atoms with Crippen LogP contribution in [0, 0.1) is 13.8 Å². The van der Waals surface area contributed by atoms with Gasteiger partial charge in [0, 0.05) is 17.8 Å². The minimum Gasteiger partial charge on any atom is -0.483 e. The summed E-state index contributed by atoms with van der Waals surface area (Å²) in [5, 5.41) is 5.65. The lowest BCUT2D eigenvalue weighted by atomic mass is 10.1. The first kappa shape index (κ1) is 20.1. The average molecular weight is 388 g/mol. The third-order valence-electron chi connectivity index (χ3n) is 4.43. The Hall–Kier alpha value is -3.60. The van der Waals surface area contributed by atoms with Gasteiger partial charge in [-0.2, -0.15) is 0 Å². The van der Waals surface area contributed by atoms with Crippen LogP contribution in [0.1, 0.15) is 27.0 Å². The first-order chi connectivity index (χ1) is 14.0. The zero-order valence-corrected chi connectivity index (χ0v) is 16.6. The fraction of sp³-hybridized carbons (Fsp3) is 0.167. The standard InChI is InChI=1S/C24H24N2O3/c1-17-8-9-18(2)22(14-17)29-16-23(27)26-21-12-10-20(11-13-21)24(28)25-15-19-6-4-3-5-7-19/h3-14H,15-16H2,1-2H3,(H,25,28)(H,26,27). The summed E-state index contributed by atoms with van der Waals surface area (Å²) in [5.74, 6) is 0.280. The van der Waals surface area contributed by atoms with Crippen molar-refractivity contribution in [2.45, 2.75) is 20.4 Å². The molecule has 0 aromatic heterocycles. The molecule has 148 valence electrons. The van der Waals surface area contributed by atoms with E-state index in [1.807, 2.05) is 62.4 Å². The topological polar surface area (TPSA) is 67.4 Å². The molecule has 0 aliphatic carbocycles. The van der Waals surface area contributed by atoms with Gasteiger partial charge in [-0.25, -0.2) is 0 Å². The van der Waals surface area contributed by atoms with E-state index in [-0.39, 0.29) is 18.4 Å². The SMILES string of the molecule is Cc1ccc(C)c(OCC(=O)Nc2ccc(C(=O)NCc3ccccc3)cc2)c1. The number of rotatable bonds is 7. The molecule has 0 atom stereocenters. The van der Waals surface area contributed by atoms with Gasteiger partial charge in [0.2, 0.25) is 0 Å². The zero-order chi connectivity index (χ0) is 20.6. The van der Waals surface area contributed by atoms with E-state index in [9.17, 15) is 9.59 Å². The molecular formula is C24H24N2O3. The Morgan fingerprint density at radius 1 is 0.897 bits per heavy atom. The Morgan fingerprint density at radius 2 is 1.62 bits per heavy atom. The van der Waals surface area contributed by atoms with Crippen LogP contribution in [-0.2, 0) is 11.3 Å². The quantitative estimate of drug-likeness (QED) is 0.636. The Balaban J connectivity index is 1.49. The van der Waals surface area contributed by atoms with E-state index in [0.29, 0.717) is 23.5 Å². The molecule has 0 unspecified atom stereocenters. The maximum atomic E-state index is 12.3. The van der Waals surface area contributed by atoms with Gasteiger partial charge in [0.25, 0.3) is 11.8 Å². The van der Waals surface area contributed by atoms with Crippen molar-refractivity contribution in [3.63, 3.8) is 0 Å². The molecule has 5 nitrogen and oxygen atoms in total. The van der Waals surface area contributed by atoms with E-state index in [1.54, 1.807) is 24.3 Å². The van der Waals surface area contributed by atoms with Gasteiger partial charge < -0.3 is 15.4 Å². The first-order valence-corrected chi connectivity index (χ1v) is 9.43. The van der Waals surface area contributed by atoms with Crippen molar-refractivity contribution in [3.8, 4) is 5.75 Å². The molecule has 0 saturated carbocycles. The molecule has 0 spiro atoms. The van der Waals surface area contributed by atoms with E-state index in [2.05, 4.69) is 10.6 Å². The van der Waals surface area contributed by atoms with Crippen molar-refractivity contribution in [3.05, 3.63) is 95.1 Å². The van der Waals surface area contributed by atoms with Crippen molar-refractivity contribution < 1.29 is 14.3 Å². The van der Waals surface area contributed by atoms with Crippen LogP contribution in [0.25, 0.3) is 0 Å². The van der Waals surface area contributed by atoms with Crippen LogP contribution in [-0.4, -0.2) is 18.4 Å². The van der Waals surface area contributed by atoms with Gasteiger partial charge in [-0.05, 0) is 60.9 Å². The van der Waals surface area contributed by atoms with E-state index < -0.39 is 0 Å². The van der Waals surface area contributed by atoms with Crippen molar-refractivity contribution in [1.29, 1.82) is 0 Å². The second-order valence-corrected chi connectivity index (χ2v) is 6.85. The van der Waals surface area contributed by atoms with Gasteiger partial charge in [-0.1, -0.05) is 42.5 Å². The highest BCUT2D eigenvalue weighted by molar-refractivity contribution is 5.96. The van der Waals surface area contributed by atoms with E-state index in [4.69, 9.17) is 4.74 Å². The lowest BCUT2D eigenvalue weighted by molar-refractivity contribution is -0.118. The summed E-state index contributed by atoms with van der Waals surface area (Å²) in [6, 6.07) is 22.4. The van der Waals surface area contributed by atoms with Crippen molar-refractivity contribution in [1.82, 2.24) is 5.32 Å². The summed E-state index contributed by atoms with van der Waals surface area (Å²) in [4.78, 5) is 24.4. The number of carbonyl (C=O) groups excluding carboxylic acids is 2. The summed E-state index contributed by atoms with van der Waals surface area (Å²) in [6.45, 7) is 4.30. The fourth-order valence-electron chi connectivity index (χ4n) is 2.79. The summed E-state index contributed by atoms with van der Waals surface area (Å²) in [6.07, 6.45) is 0. The Morgan fingerprint density at radius 3 is 2.34 bits per heavy atom. The average Bonchev–Trinajstić information content (AvgIpc) is 2.74. The van der Waals surface area contributed by atoms with Gasteiger partial charge in [-0.15, -0.1) is 0 Å². The molecule has 2 amide bonds. The number of ether oxygens (including phenoxy) is 1. The maximum absolute atomic E-state index is 12.3. The first-order valence-electron chi connectivity index (χ1n) is 9.43. The molecule has 2 N–H and O–H groups in total. The molecule has 3 aromatic carbocycles. The lowest BCUT2D eigenvalue weighted by Gasteiger charge is -2.11. The minimum atomic E-state index is -0.257. The summed E-state index contributed by atoms with van der Waals surface area (Å²) >= 11 is 0. The van der Waals surface area contributed by atoms with Crippen molar-refractivity contribution >= 4 is 17.5 Å². The molecular weight excluding hydrogens is 364 g/mol. The summed E-state index contributed by atoms with van der Waals surface area (Å²) in [5.41, 5.74) is 4.24. The number of hydrogen-bond acceptors (Lipinski definition) is 3. The van der Waals surface area contributed by atoms with E-state index >= 15 is 0 Å². The Labute approximate surface area is 170 Å². The largest absolute Gasteiger partial charge is 0.483 e. The highest BCUT2D eigenvalue weighted by Crippen LogP contribution is 2.19. The van der Waals surface area contributed by atoms with Crippen LogP contribution in [0.5, 0.6) is 5.75 Å². The number of carbonyl (C=O) groups is 2. The van der Waals surface area contributed by atoms with E-state index in [0.717, 1.165) is 16.7 Å². The molecule has 0 fully saturated rings. The monoisotopic (exact) mass is 388 g/mol. The molecule has 0 aliphatic heterocycles. The molecule has 29 heavy (non-hydrogen) atoms. The second kappa shape index (κ2) is 9.55. The van der Waals surface area contributed by atoms with Crippen molar-refractivity contribution in [2.75, 3.05) is 11.9 Å². The number of anilines is 1. The molecule has 5 heteroatoms. The Kier molecular flexibility index (Phi) is 6.63. The highest BCUT2D eigenvalue weighted by Gasteiger charge is 2.08. The predicted molar refractivity (Wildman–Crippen MR) is 114 cm³/mol. The van der Waals surface area contributed by atoms with Gasteiger partial charge in [0.1, 0.15) is 5.75 Å². The molecule has 0 aliphatic rings. The van der Waals surface area contributed by atoms with Crippen molar-refractivity contribution in [2.24, 2.45) is 0 Å². The molecule has 0 heterocycles. The minimum absolute atomic E-state index is 0.0798. The second-order valence-electron chi connectivity index (χ2n) is 6.85. The van der Waals surface area contributed by atoms with Gasteiger partial charge in [0.05, 0.1) is 0 Å². The fourth-order valence-corrected chi connectivity index (χ4v) is 2.79. The molecule has 0 radical (unpaired) electrons. The molecule has 3 rings (SSSR count). The summed E-state index contributed by atoms with van der Waals surface area (Å²) in [7, 11) is 0. The van der Waals surface area contributed by atoms with Crippen LogP contribution in [0.3, 0.4) is 0 Å². The van der Waals surface area contributed by atoms with E-state index in [1.165, 1.54) is 0 Å². The van der Waals surface area contributed by atoms with Gasteiger partial charge in [0.15, 0.2) is 6.61 Å². The maximum Gasteiger partial charge on any atom is 0.262 e. The highest BCUT2D eigenvalue weighted by atomic mass is 16.5. The number of hydrogen-bond donors (Lipinski definition) is 2. The number of aryl methyl sites for hydroxylation is 2. The smallest absolute Gasteiger partial charge is 0.262 e. The van der Waals surface area contributed by atoms with Gasteiger partial charge >= 0.3 is 0 Å². The van der Waals surface area contributed by atoms with Crippen LogP contribution < -0.4 is 15.4 Å². The normalized spacial score (nSPS) is 10.3. The van der Waals surface area contributed by atoms with Crippen LogP contribution in [0.2, 0.25) is 0 Å². The molecule has 0 saturated heterocycles. The lowest BCUT2D eigenvalue weighted by Crippen LogP contribution is -2.23. The number of benzene rings is 3. The third kappa shape index (κ3) is 5.94. The van der Waals surface area contributed by atoms with Crippen LogP contribution in [0.15, 0.2) is 72.8 Å². The number of nitrogens with one attached hydrogen (secondary N) is 2. The molecule has 0 bridgehead atoms. The summed E-state index contributed by atoms with van der Waals surface area (Å²) < 4.78 is 5.61.